The van der Waals surface area contributed by atoms with E-state index in [1.54, 1.807) is 19.9 Å². The summed E-state index contributed by atoms with van der Waals surface area (Å²) in [5, 5.41) is 16.8. The molecule has 11 heteroatoms. The van der Waals surface area contributed by atoms with Crippen molar-refractivity contribution in [2.24, 2.45) is 0 Å². The number of benzene rings is 2. The van der Waals surface area contributed by atoms with Gasteiger partial charge in [0.05, 0.1) is 21.3 Å². The Morgan fingerprint density at radius 3 is 2.53 bits per heavy atom. The van der Waals surface area contributed by atoms with E-state index in [-0.39, 0.29) is 11.3 Å². The summed E-state index contributed by atoms with van der Waals surface area (Å²) in [4.78, 5) is 25.4. The number of thiophene rings is 1. The van der Waals surface area contributed by atoms with Crippen LogP contribution in [0.1, 0.15) is 31.4 Å². The van der Waals surface area contributed by atoms with Gasteiger partial charge in [-0.1, -0.05) is 6.07 Å². The first kappa shape index (κ1) is 21.2. The second-order valence-electron chi connectivity index (χ2n) is 6.84. The van der Waals surface area contributed by atoms with Gasteiger partial charge in [0.25, 0.3) is 11.8 Å². The predicted octanol–water partition coefficient (Wildman–Crippen LogP) is 4.12. The molecule has 2 amide bonds. The molecule has 2 N–H and O–H groups in total. The van der Waals surface area contributed by atoms with E-state index < -0.39 is 23.4 Å². The van der Waals surface area contributed by atoms with Crippen LogP contribution in [0.3, 0.4) is 0 Å². The molecule has 2 aromatic carbocycles. The topological polar surface area (TPSA) is 102 Å². The highest BCUT2D eigenvalue weighted by Gasteiger charge is 2.18. The molecular formula is C21H16F2N6O2S. The van der Waals surface area contributed by atoms with Crippen molar-refractivity contribution in [3.05, 3.63) is 82.0 Å². The quantitative estimate of drug-likeness (QED) is 0.472. The van der Waals surface area contributed by atoms with E-state index in [1.165, 1.54) is 41.1 Å². The Morgan fingerprint density at radius 1 is 1.00 bits per heavy atom. The zero-order valence-electron chi connectivity index (χ0n) is 16.9. The van der Waals surface area contributed by atoms with Crippen molar-refractivity contribution in [2.75, 3.05) is 10.6 Å². The number of anilines is 2. The Morgan fingerprint density at radius 2 is 1.81 bits per heavy atom. The van der Waals surface area contributed by atoms with Crippen molar-refractivity contribution in [2.45, 2.75) is 13.8 Å². The van der Waals surface area contributed by atoms with Gasteiger partial charge in [0.15, 0.2) is 5.82 Å². The summed E-state index contributed by atoms with van der Waals surface area (Å²) in [6.45, 7) is 3.39. The molecule has 0 atom stereocenters. The Balaban J connectivity index is 1.53. The predicted molar refractivity (Wildman–Crippen MR) is 115 cm³/mol. The molecule has 0 saturated heterocycles. The maximum absolute atomic E-state index is 14.3. The van der Waals surface area contributed by atoms with E-state index in [2.05, 4.69) is 26.2 Å². The molecule has 2 heterocycles. The van der Waals surface area contributed by atoms with Gasteiger partial charge in [0.1, 0.15) is 11.6 Å². The lowest BCUT2D eigenvalue weighted by molar-refractivity contribution is 0.101. The Labute approximate surface area is 184 Å². The van der Waals surface area contributed by atoms with Crippen molar-refractivity contribution in [1.82, 2.24) is 20.2 Å². The van der Waals surface area contributed by atoms with Gasteiger partial charge in [-0.3, -0.25) is 9.59 Å². The summed E-state index contributed by atoms with van der Waals surface area (Å²) in [5.41, 5.74) is 1.18. The van der Waals surface area contributed by atoms with E-state index in [1.807, 2.05) is 0 Å². The Hall–Kier alpha value is -3.99. The van der Waals surface area contributed by atoms with Crippen molar-refractivity contribution in [3.63, 3.8) is 0 Å². The number of nitrogens with one attached hydrogen (secondary N) is 2. The van der Waals surface area contributed by atoms with Crippen LogP contribution < -0.4 is 10.6 Å². The smallest absolute Gasteiger partial charge is 0.266 e. The van der Waals surface area contributed by atoms with Gasteiger partial charge in [0, 0.05) is 5.56 Å². The van der Waals surface area contributed by atoms with Crippen LogP contribution >= 0.6 is 11.3 Å². The third-order valence-electron chi connectivity index (χ3n) is 4.52. The normalized spacial score (nSPS) is 10.8. The minimum atomic E-state index is -0.623. The molecule has 8 nitrogen and oxygen atoms in total. The Kier molecular flexibility index (Phi) is 5.73. The highest BCUT2D eigenvalue weighted by Crippen LogP contribution is 2.29. The molecule has 2 aromatic heterocycles. The van der Waals surface area contributed by atoms with Crippen LogP contribution in [-0.2, 0) is 0 Å². The van der Waals surface area contributed by atoms with Crippen LogP contribution in [0, 0.1) is 25.5 Å². The van der Waals surface area contributed by atoms with E-state index in [0.717, 1.165) is 17.4 Å². The SMILES string of the molecule is Cc1cc(NC(=O)c2cccc(F)c2)sc1C(=O)Nc1cc(-n2nnnc2C)ccc1F. The number of nitrogens with zero attached hydrogens (tertiary/aromatic N) is 4. The summed E-state index contributed by atoms with van der Waals surface area (Å²) in [7, 11) is 0. The number of aromatic nitrogens is 4. The van der Waals surface area contributed by atoms with Crippen LogP contribution in [0.25, 0.3) is 5.69 Å². The monoisotopic (exact) mass is 454 g/mol. The third-order valence-corrected chi connectivity index (χ3v) is 5.67. The molecular weight excluding hydrogens is 438 g/mol. The molecule has 4 aromatic rings. The molecule has 0 bridgehead atoms. The summed E-state index contributed by atoms with van der Waals surface area (Å²) < 4.78 is 29.1. The first-order valence-electron chi connectivity index (χ1n) is 9.35. The van der Waals surface area contributed by atoms with Crippen molar-refractivity contribution in [1.29, 1.82) is 0 Å². The summed E-state index contributed by atoms with van der Waals surface area (Å²) in [6.07, 6.45) is 0. The summed E-state index contributed by atoms with van der Waals surface area (Å²) >= 11 is 1.03. The third kappa shape index (κ3) is 4.37. The van der Waals surface area contributed by atoms with Crippen LogP contribution in [0.4, 0.5) is 19.5 Å². The van der Waals surface area contributed by atoms with Crippen LogP contribution in [0.15, 0.2) is 48.5 Å². The van der Waals surface area contributed by atoms with Gasteiger partial charge in [-0.2, -0.15) is 4.68 Å². The highest BCUT2D eigenvalue weighted by molar-refractivity contribution is 7.18. The lowest BCUT2D eigenvalue weighted by atomic mass is 10.2. The van der Waals surface area contributed by atoms with Gasteiger partial charge in [0.2, 0.25) is 0 Å². The fourth-order valence-corrected chi connectivity index (χ4v) is 3.94. The fourth-order valence-electron chi connectivity index (χ4n) is 2.97. The number of tetrazole rings is 1. The van der Waals surface area contributed by atoms with Crippen LogP contribution in [-0.4, -0.2) is 32.0 Å². The number of carbonyl (C=O) groups excluding carboxylic acids is 2. The van der Waals surface area contributed by atoms with Crippen LogP contribution in [0.5, 0.6) is 0 Å². The maximum Gasteiger partial charge on any atom is 0.266 e. The lowest BCUT2D eigenvalue weighted by Crippen LogP contribution is -2.13. The van der Waals surface area contributed by atoms with Crippen molar-refractivity contribution >= 4 is 33.8 Å². The number of amides is 2. The number of hydrogen-bond acceptors (Lipinski definition) is 6. The second kappa shape index (κ2) is 8.63. The molecule has 0 radical (unpaired) electrons. The fraction of sp³-hybridized carbons (Fsp3) is 0.0952. The van der Waals surface area contributed by atoms with Crippen molar-refractivity contribution in [3.8, 4) is 5.69 Å². The number of hydrogen-bond donors (Lipinski definition) is 2. The first-order chi connectivity index (χ1) is 15.3. The number of aryl methyl sites for hydroxylation is 2. The highest BCUT2D eigenvalue weighted by atomic mass is 32.1. The molecule has 0 unspecified atom stereocenters. The molecule has 32 heavy (non-hydrogen) atoms. The number of carbonyl (C=O) groups is 2. The van der Waals surface area contributed by atoms with Crippen molar-refractivity contribution < 1.29 is 18.4 Å². The molecule has 0 saturated carbocycles. The standard InChI is InChI=1S/C21H16F2N6O2S/c1-11-8-18(25-20(30)13-4-3-5-14(22)9-13)32-19(11)21(31)24-17-10-15(6-7-16(17)23)29-12(2)26-27-28-29/h3-10H,1-2H3,(H,24,31)(H,25,30). The molecule has 0 aliphatic heterocycles. The van der Waals surface area contributed by atoms with Gasteiger partial charge in [-0.05, 0) is 72.3 Å². The Bertz CT molecular complexity index is 1330. The molecule has 0 fully saturated rings. The minimum Gasteiger partial charge on any atom is -0.319 e. The second-order valence-corrected chi connectivity index (χ2v) is 7.90. The average Bonchev–Trinajstić information content (AvgIpc) is 3.34. The minimum absolute atomic E-state index is 0.0412. The lowest BCUT2D eigenvalue weighted by Gasteiger charge is -2.09. The van der Waals surface area contributed by atoms with Gasteiger partial charge in [-0.15, -0.1) is 16.4 Å². The largest absolute Gasteiger partial charge is 0.319 e. The van der Waals surface area contributed by atoms with E-state index >= 15 is 0 Å². The zero-order valence-corrected chi connectivity index (χ0v) is 17.7. The maximum atomic E-state index is 14.3. The molecule has 162 valence electrons. The van der Waals surface area contributed by atoms with E-state index in [9.17, 15) is 18.4 Å². The van der Waals surface area contributed by atoms with Crippen LogP contribution in [0.2, 0.25) is 0 Å². The van der Waals surface area contributed by atoms with Gasteiger partial charge in [-0.25, -0.2) is 8.78 Å². The molecule has 4 rings (SSSR count). The zero-order chi connectivity index (χ0) is 22.8. The van der Waals surface area contributed by atoms with Gasteiger partial charge < -0.3 is 10.6 Å². The molecule has 0 aliphatic carbocycles. The number of halogens is 2. The molecule has 0 spiro atoms. The number of rotatable bonds is 5. The van der Waals surface area contributed by atoms with E-state index in [4.69, 9.17) is 0 Å². The van der Waals surface area contributed by atoms with E-state index in [0.29, 0.717) is 27.0 Å². The summed E-state index contributed by atoms with van der Waals surface area (Å²) in [6, 6.07) is 11.0. The summed E-state index contributed by atoms with van der Waals surface area (Å²) in [5.74, 6) is -1.69. The van der Waals surface area contributed by atoms with Gasteiger partial charge >= 0.3 is 0 Å². The average molecular weight is 454 g/mol. The molecule has 0 aliphatic rings. The first-order valence-corrected chi connectivity index (χ1v) is 10.2.